The zero-order valence-corrected chi connectivity index (χ0v) is 10.0. The van der Waals surface area contributed by atoms with Gasteiger partial charge in [0.25, 0.3) is 0 Å². The maximum absolute atomic E-state index is 11.3. The summed E-state index contributed by atoms with van der Waals surface area (Å²) in [6, 6.07) is -0.272. The Morgan fingerprint density at radius 1 is 1.47 bits per heavy atom. The number of amides is 2. The predicted octanol–water partition coefficient (Wildman–Crippen LogP) is 2.16. The Balaban J connectivity index is 2.34. The van der Waals surface area contributed by atoms with Crippen LogP contribution in [-0.2, 0) is 0 Å². The standard InChI is InChI=1S/C9H13BrN4O/c1-2-3-4-11-9(15)14-8-12-5-7(10)6-13-8/h5-6H,2-4H2,1H3,(H2,11,12,13,14,15). The molecular weight excluding hydrogens is 260 g/mol. The molecule has 1 heterocycles. The molecule has 1 aromatic rings. The number of urea groups is 1. The van der Waals surface area contributed by atoms with E-state index in [4.69, 9.17) is 0 Å². The Morgan fingerprint density at radius 2 is 2.13 bits per heavy atom. The van der Waals surface area contributed by atoms with Crippen molar-refractivity contribution < 1.29 is 4.79 Å². The summed E-state index contributed by atoms with van der Waals surface area (Å²) in [6.45, 7) is 2.73. The zero-order valence-electron chi connectivity index (χ0n) is 8.46. The van der Waals surface area contributed by atoms with E-state index in [0.29, 0.717) is 12.5 Å². The molecule has 0 aliphatic heterocycles. The quantitative estimate of drug-likeness (QED) is 0.826. The van der Waals surface area contributed by atoms with Crippen LogP contribution in [0.2, 0.25) is 0 Å². The lowest BCUT2D eigenvalue weighted by Crippen LogP contribution is -2.30. The molecule has 0 unspecified atom stereocenters. The molecule has 0 spiro atoms. The van der Waals surface area contributed by atoms with Crippen molar-refractivity contribution in [2.45, 2.75) is 19.8 Å². The molecule has 0 fully saturated rings. The first kappa shape index (κ1) is 11.9. The Hall–Kier alpha value is -1.17. The number of rotatable bonds is 4. The molecule has 0 atom stereocenters. The average molecular weight is 273 g/mol. The molecule has 82 valence electrons. The van der Waals surface area contributed by atoms with Crippen LogP contribution in [-0.4, -0.2) is 22.5 Å². The summed E-state index contributed by atoms with van der Waals surface area (Å²) in [7, 11) is 0. The Kier molecular flexibility index (Phi) is 5.03. The summed E-state index contributed by atoms with van der Waals surface area (Å²) in [4.78, 5) is 19.1. The highest BCUT2D eigenvalue weighted by atomic mass is 79.9. The maximum Gasteiger partial charge on any atom is 0.321 e. The first-order valence-electron chi connectivity index (χ1n) is 4.74. The lowest BCUT2D eigenvalue weighted by molar-refractivity contribution is 0.252. The number of anilines is 1. The fourth-order valence-corrected chi connectivity index (χ4v) is 1.11. The largest absolute Gasteiger partial charge is 0.338 e. The van der Waals surface area contributed by atoms with Crippen LogP contribution in [0, 0.1) is 0 Å². The van der Waals surface area contributed by atoms with Gasteiger partial charge in [-0.3, -0.25) is 5.32 Å². The highest BCUT2D eigenvalue weighted by molar-refractivity contribution is 9.10. The minimum absolute atomic E-state index is 0.272. The molecule has 0 saturated carbocycles. The fourth-order valence-electron chi connectivity index (χ4n) is 0.901. The van der Waals surface area contributed by atoms with E-state index in [1.54, 1.807) is 12.4 Å². The van der Waals surface area contributed by atoms with Crippen molar-refractivity contribution in [1.82, 2.24) is 15.3 Å². The summed E-state index contributed by atoms with van der Waals surface area (Å²) in [6.07, 6.45) is 5.17. The van der Waals surface area contributed by atoms with Crippen LogP contribution in [0.15, 0.2) is 16.9 Å². The highest BCUT2D eigenvalue weighted by Crippen LogP contribution is 2.06. The molecule has 2 amide bonds. The van der Waals surface area contributed by atoms with Crippen LogP contribution < -0.4 is 10.6 Å². The number of halogens is 1. The van der Waals surface area contributed by atoms with Gasteiger partial charge in [-0.15, -0.1) is 0 Å². The third-order valence-electron chi connectivity index (χ3n) is 1.66. The van der Waals surface area contributed by atoms with Crippen molar-refractivity contribution in [2.24, 2.45) is 0 Å². The van der Waals surface area contributed by atoms with Gasteiger partial charge in [-0.25, -0.2) is 14.8 Å². The molecule has 1 rings (SSSR count). The monoisotopic (exact) mass is 272 g/mol. The summed E-state index contributed by atoms with van der Waals surface area (Å²) in [5.74, 6) is 0.298. The second-order valence-corrected chi connectivity index (χ2v) is 3.88. The smallest absolute Gasteiger partial charge is 0.321 e. The van der Waals surface area contributed by atoms with Crippen molar-refractivity contribution in [3.63, 3.8) is 0 Å². The number of unbranched alkanes of at least 4 members (excludes halogenated alkanes) is 1. The van der Waals surface area contributed by atoms with Gasteiger partial charge < -0.3 is 5.32 Å². The van der Waals surface area contributed by atoms with E-state index in [2.05, 4.69) is 43.5 Å². The average Bonchev–Trinajstić information content (AvgIpc) is 2.22. The molecule has 0 aromatic carbocycles. The zero-order chi connectivity index (χ0) is 11.1. The third-order valence-corrected chi connectivity index (χ3v) is 2.07. The number of carbonyl (C=O) groups excluding carboxylic acids is 1. The van der Waals surface area contributed by atoms with E-state index < -0.39 is 0 Å². The Bertz CT molecular complexity index is 314. The fraction of sp³-hybridized carbons (Fsp3) is 0.444. The third kappa shape index (κ3) is 4.73. The van der Waals surface area contributed by atoms with Gasteiger partial charge in [-0.2, -0.15) is 0 Å². The van der Waals surface area contributed by atoms with E-state index in [1.165, 1.54) is 0 Å². The maximum atomic E-state index is 11.3. The summed E-state index contributed by atoms with van der Waals surface area (Å²) < 4.78 is 0.777. The molecule has 0 aliphatic rings. The molecule has 15 heavy (non-hydrogen) atoms. The van der Waals surface area contributed by atoms with Crippen molar-refractivity contribution in [1.29, 1.82) is 0 Å². The predicted molar refractivity (Wildman–Crippen MR) is 61.7 cm³/mol. The lowest BCUT2D eigenvalue weighted by Gasteiger charge is -2.04. The summed E-state index contributed by atoms with van der Waals surface area (Å²) in [5, 5.41) is 5.24. The van der Waals surface area contributed by atoms with E-state index in [0.717, 1.165) is 17.3 Å². The molecule has 5 nitrogen and oxygen atoms in total. The molecule has 0 aliphatic carbocycles. The molecule has 1 aromatic heterocycles. The topological polar surface area (TPSA) is 66.9 Å². The van der Waals surface area contributed by atoms with Crippen LogP contribution in [0.5, 0.6) is 0 Å². The van der Waals surface area contributed by atoms with Gasteiger partial charge in [-0.1, -0.05) is 13.3 Å². The SMILES string of the molecule is CCCCNC(=O)Nc1ncc(Br)cn1. The molecule has 0 saturated heterocycles. The number of nitrogens with one attached hydrogen (secondary N) is 2. The second-order valence-electron chi connectivity index (χ2n) is 2.96. The van der Waals surface area contributed by atoms with Gasteiger partial charge >= 0.3 is 6.03 Å². The van der Waals surface area contributed by atoms with Crippen LogP contribution in [0.3, 0.4) is 0 Å². The van der Waals surface area contributed by atoms with E-state index in [-0.39, 0.29) is 6.03 Å². The lowest BCUT2D eigenvalue weighted by atomic mass is 10.3. The summed E-state index contributed by atoms with van der Waals surface area (Å²) in [5.41, 5.74) is 0. The Labute approximate surface area is 96.8 Å². The summed E-state index contributed by atoms with van der Waals surface area (Å²) >= 11 is 3.21. The minimum Gasteiger partial charge on any atom is -0.338 e. The molecule has 2 N–H and O–H groups in total. The van der Waals surface area contributed by atoms with Crippen LogP contribution in [0.25, 0.3) is 0 Å². The van der Waals surface area contributed by atoms with Gasteiger partial charge in [0.15, 0.2) is 0 Å². The van der Waals surface area contributed by atoms with Crippen molar-refractivity contribution in [3.05, 3.63) is 16.9 Å². The molecule has 6 heteroatoms. The van der Waals surface area contributed by atoms with Gasteiger partial charge in [0, 0.05) is 18.9 Å². The van der Waals surface area contributed by atoms with Gasteiger partial charge in [-0.05, 0) is 22.4 Å². The van der Waals surface area contributed by atoms with Crippen molar-refractivity contribution in [3.8, 4) is 0 Å². The van der Waals surface area contributed by atoms with Crippen LogP contribution in [0.4, 0.5) is 10.7 Å². The molecular formula is C9H13BrN4O. The number of carbonyl (C=O) groups is 1. The van der Waals surface area contributed by atoms with E-state index in [1.807, 2.05) is 0 Å². The first-order chi connectivity index (χ1) is 7.22. The van der Waals surface area contributed by atoms with Crippen molar-refractivity contribution in [2.75, 3.05) is 11.9 Å². The number of hydrogen-bond acceptors (Lipinski definition) is 3. The van der Waals surface area contributed by atoms with Gasteiger partial charge in [0.05, 0.1) is 4.47 Å². The van der Waals surface area contributed by atoms with E-state index >= 15 is 0 Å². The number of aromatic nitrogens is 2. The number of hydrogen-bond donors (Lipinski definition) is 2. The highest BCUT2D eigenvalue weighted by Gasteiger charge is 2.01. The van der Waals surface area contributed by atoms with Crippen molar-refractivity contribution >= 4 is 27.9 Å². The first-order valence-corrected chi connectivity index (χ1v) is 5.54. The van der Waals surface area contributed by atoms with Gasteiger partial charge in [0.1, 0.15) is 0 Å². The van der Waals surface area contributed by atoms with Crippen LogP contribution >= 0.6 is 15.9 Å². The second kappa shape index (κ2) is 6.34. The Morgan fingerprint density at radius 3 is 2.73 bits per heavy atom. The number of nitrogens with zero attached hydrogens (tertiary/aromatic N) is 2. The molecule has 0 radical (unpaired) electrons. The minimum atomic E-state index is -0.272. The molecule has 0 bridgehead atoms. The normalized spacial score (nSPS) is 9.73. The van der Waals surface area contributed by atoms with Crippen LogP contribution in [0.1, 0.15) is 19.8 Å². The van der Waals surface area contributed by atoms with Gasteiger partial charge in [0.2, 0.25) is 5.95 Å². The van der Waals surface area contributed by atoms with E-state index in [9.17, 15) is 4.79 Å².